The van der Waals surface area contributed by atoms with Crippen molar-refractivity contribution in [2.75, 3.05) is 12.8 Å². The molecule has 2 aromatic carbocycles. The molecule has 2 rings (SSSR count). The van der Waals surface area contributed by atoms with Gasteiger partial charge in [0.05, 0.1) is 7.11 Å². The van der Waals surface area contributed by atoms with Crippen molar-refractivity contribution in [2.24, 2.45) is 0 Å². The molecule has 0 saturated heterocycles. The second-order valence-electron chi connectivity index (χ2n) is 4.83. The summed E-state index contributed by atoms with van der Waals surface area (Å²) in [6.45, 7) is 3.61. The molecule has 2 aromatic rings. The molecule has 0 unspecified atom stereocenters. The number of hydrogen-bond donors (Lipinski definition) is 1. The van der Waals surface area contributed by atoms with Crippen LogP contribution in [0, 0.1) is 25.5 Å². The fraction of sp³-hybridized carbons (Fsp3) is 0.188. The highest BCUT2D eigenvalue weighted by Gasteiger charge is 2.18. The molecular weight excluding hydrogens is 276 g/mol. The smallest absolute Gasteiger partial charge is 0.195 e. The van der Waals surface area contributed by atoms with Gasteiger partial charge in [-0.3, -0.25) is 4.79 Å². The summed E-state index contributed by atoms with van der Waals surface area (Å²) in [5, 5.41) is 0. The Morgan fingerprint density at radius 1 is 1.05 bits per heavy atom. The van der Waals surface area contributed by atoms with E-state index in [9.17, 15) is 13.6 Å². The predicted octanol–water partition coefficient (Wildman–Crippen LogP) is 3.40. The predicted molar refractivity (Wildman–Crippen MR) is 76.7 cm³/mol. The van der Waals surface area contributed by atoms with Gasteiger partial charge in [0, 0.05) is 22.9 Å². The van der Waals surface area contributed by atoms with Gasteiger partial charge in [0.2, 0.25) is 0 Å². The number of nitrogen functional groups attached to an aromatic ring is 1. The molecule has 0 radical (unpaired) electrons. The largest absolute Gasteiger partial charge is 0.496 e. The first-order valence-electron chi connectivity index (χ1n) is 6.29. The number of halogens is 2. The van der Waals surface area contributed by atoms with Crippen molar-refractivity contribution in [3.05, 3.63) is 58.2 Å². The molecule has 0 atom stereocenters. The summed E-state index contributed by atoms with van der Waals surface area (Å²) in [4.78, 5) is 12.4. The molecule has 21 heavy (non-hydrogen) atoms. The van der Waals surface area contributed by atoms with E-state index in [0.29, 0.717) is 11.3 Å². The minimum atomic E-state index is -1.10. The van der Waals surface area contributed by atoms with Gasteiger partial charge >= 0.3 is 0 Å². The molecular formula is C16H15F2NO2. The van der Waals surface area contributed by atoms with Crippen molar-refractivity contribution < 1.29 is 18.3 Å². The molecule has 110 valence electrons. The number of ketones is 1. The van der Waals surface area contributed by atoms with Crippen LogP contribution in [0.25, 0.3) is 0 Å². The summed E-state index contributed by atoms with van der Waals surface area (Å²) in [6.07, 6.45) is 0. The lowest BCUT2D eigenvalue weighted by molar-refractivity contribution is 0.103. The van der Waals surface area contributed by atoms with Crippen LogP contribution in [0.4, 0.5) is 14.5 Å². The van der Waals surface area contributed by atoms with Crippen molar-refractivity contribution in [1.29, 1.82) is 0 Å². The van der Waals surface area contributed by atoms with Gasteiger partial charge in [-0.15, -0.1) is 0 Å². The third kappa shape index (κ3) is 2.72. The Labute approximate surface area is 121 Å². The summed E-state index contributed by atoms with van der Waals surface area (Å²) in [7, 11) is 1.55. The number of anilines is 1. The van der Waals surface area contributed by atoms with Crippen LogP contribution in [-0.4, -0.2) is 12.9 Å². The first-order chi connectivity index (χ1) is 9.85. The molecule has 5 heteroatoms. The van der Waals surface area contributed by atoms with Crippen LogP contribution in [0.15, 0.2) is 24.3 Å². The van der Waals surface area contributed by atoms with Crippen LogP contribution >= 0.6 is 0 Å². The normalized spacial score (nSPS) is 10.5. The van der Waals surface area contributed by atoms with E-state index >= 15 is 0 Å². The lowest BCUT2D eigenvalue weighted by Gasteiger charge is -2.12. The number of ether oxygens (including phenoxy) is 1. The fourth-order valence-corrected chi connectivity index (χ4v) is 2.32. The molecule has 3 nitrogen and oxygen atoms in total. The Kier molecular flexibility index (Phi) is 3.93. The topological polar surface area (TPSA) is 52.3 Å². The highest BCUT2D eigenvalue weighted by atomic mass is 19.2. The molecule has 0 heterocycles. The van der Waals surface area contributed by atoms with E-state index in [4.69, 9.17) is 10.5 Å². The number of carbonyl (C=O) groups is 1. The van der Waals surface area contributed by atoms with E-state index in [1.54, 1.807) is 33.1 Å². The number of carbonyl (C=O) groups excluding carboxylic acids is 1. The third-order valence-corrected chi connectivity index (χ3v) is 3.26. The Bertz CT molecular complexity index is 703. The summed E-state index contributed by atoms with van der Waals surface area (Å²) < 4.78 is 31.6. The van der Waals surface area contributed by atoms with Gasteiger partial charge in [-0.2, -0.15) is 0 Å². The minimum absolute atomic E-state index is 0.0575. The molecule has 0 saturated carbocycles. The van der Waals surface area contributed by atoms with Gasteiger partial charge in [-0.1, -0.05) is 0 Å². The maximum Gasteiger partial charge on any atom is 0.195 e. The first kappa shape index (κ1) is 15.0. The van der Waals surface area contributed by atoms with E-state index in [1.165, 1.54) is 0 Å². The fourth-order valence-electron chi connectivity index (χ4n) is 2.32. The van der Waals surface area contributed by atoms with Gasteiger partial charge in [0.15, 0.2) is 17.4 Å². The minimum Gasteiger partial charge on any atom is -0.496 e. The molecule has 0 fully saturated rings. The SMILES string of the molecule is COc1c(C)cc(C(=O)c2cc(F)c(F)cc2N)cc1C. The molecule has 0 aromatic heterocycles. The monoisotopic (exact) mass is 291 g/mol. The van der Waals surface area contributed by atoms with Crippen LogP contribution in [0.3, 0.4) is 0 Å². The van der Waals surface area contributed by atoms with E-state index in [0.717, 1.165) is 23.3 Å². The molecule has 0 bridgehead atoms. The Hall–Kier alpha value is -2.43. The number of aryl methyl sites for hydroxylation is 2. The summed E-state index contributed by atoms with van der Waals surface area (Å²) in [6, 6.07) is 4.90. The van der Waals surface area contributed by atoms with Crippen molar-refractivity contribution in [1.82, 2.24) is 0 Å². The van der Waals surface area contributed by atoms with Crippen LogP contribution in [0.5, 0.6) is 5.75 Å². The number of rotatable bonds is 3. The van der Waals surface area contributed by atoms with Crippen molar-refractivity contribution in [3.63, 3.8) is 0 Å². The standard InChI is InChI=1S/C16H15F2NO2/c1-8-4-10(5-9(2)16(8)21-3)15(20)11-6-12(17)13(18)7-14(11)19/h4-7H,19H2,1-3H3. The average Bonchev–Trinajstić information content (AvgIpc) is 2.41. The highest BCUT2D eigenvalue weighted by molar-refractivity contribution is 6.12. The summed E-state index contributed by atoms with van der Waals surface area (Å²) >= 11 is 0. The third-order valence-electron chi connectivity index (χ3n) is 3.26. The lowest BCUT2D eigenvalue weighted by Crippen LogP contribution is -2.08. The molecule has 0 aliphatic rings. The van der Waals surface area contributed by atoms with E-state index < -0.39 is 17.4 Å². The molecule has 2 N–H and O–H groups in total. The summed E-state index contributed by atoms with van der Waals surface area (Å²) in [5.41, 5.74) is 7.37. The second kappa shape index (κ2) is 5.52. The zero-order valence-corrected chi connectivity index (χ0v) is 12.0. The molecule has 0 amide bonds. The highest BCUT2D eigenvalue weighted by Crippen LogP contribution is 2.27. The maximum absolute atomic E-state index is 13.3. The number of benzene rings is 2. The zero-order chi connectivity index (χ0) is 15.7. The quantitative estimate of drug-likeness (QED) is 0.696. The van der Waals surface area contributed by atoms with E-state index in [-0.39, 0.29) is 11.3 Å². The maximum atomic E-state index is 13.3. The van der Waals surface area contributed by atoms with Gasteiger partial charge in [-0.25, -0.2) is 8.78 Å². The van der Waals surface area contributed by atoms with Crippen molar-refractivity contribution in [2.45, 2.75) is 13.8 Å². The zero-order valence-electron chi connectivity index (χ0n) is 12.0. The van der Waals surface area contributed by atoms with Crippen molar-refractivity contribution >= 4 is 11.5 Å². The Morgan fingerprint density at radius 3 is 2.10 bits per heavy atom. The van der Waals surface area contributed by atoms with Crippen LogP contribution < -0.4 is 10.5 Å². The Balaban J connectivity index is 2.53. The van der Waals surface area contributed by atoms with E-state index in [1.807, 2.05) is 0 Å². The molecule has 0 aliphatic carbocycles. The molecule has 0 aliphatic heterocycles. The number of nitrogens with two attached hydrogens (primary N) is 1. The Morgan fingerprint density at radius 2 is 1.57 bits per heavy atom. The van der Waals surface area contributed by atoms with Gasteiger partial charge in [0.25, 0.3) is 0 Å². The van der Waals surface area contributed by atoms with Crippen LogP contribution in [-0.2, 0) is 0 Å². The van der Waals surface area contributed by atoms with Gasteiger partial charge < -0.3 is 10.5 Å². The van der Waals surface area contributed by atoms with Gasteiger partial charge in [-0.05, 0) is 43.2 Å². The molecule has 0 spiro atoms. The van der Waals surface area contributed by atoms with Crippen LogP contribution in [0.2, 0.25) is 0 Å². The van der Waals surface area contributed by atoms with Gasteiger partial charge in [0.1, 0.15) is 5.75 Å². The lowest BCUT2D eigenvalue weighted by atomic mass is 9.97. The van der Waals surface area contributed by atoms with Crippen LogP contribution in [0.1, 0.15) is 27.0 Å². The number of methoxy groups -OCH3 is 1. The number of hydrogen-bond acceptors (Lipinski definition) is 3. The van der Waals surface area contributed by atoms with E-state index in [2.05, 4.69) is 0 Å². The second-order valence-corrected chi connectivity index (χ2v) is 4.83. The first-order valence-corrected chi connectivity index (χ1v) is 6.29. The average molecular weight is 291 g/mol. The summed E-state index contributed by atoms with van der Waals surface area (Å²) in [5.74, 6) is -1.95. The van der Waals surface area contributed by atoms with Crippen molar-refractivity contribution in [3.8, 4) is 5.75 Å².